The number of likely N-dealkylation sites (tertiary alicyclic amines) is 2. The molecule has 0 radical (unpaired) electrons. The highest BCUT2D eigenvalue weighted by Crippen LogP contribution is 2.38. The Morgan fingerprint density at radius 2 is 1.35 bits per heavy atom. The molecule has 2 aliphatic rings. The normalized spacial score (nSPS) is 22.5. The van der Waals surface area contributed by atoms with E-state index in [0.717, 1.165) is 75.0 Å². The van der Waals surface area contributed by atoms with Crippen molar-refractivity contribution in [2.24, 2.45) is 17.8 Å². The van der Waals surface area contributed by atoms with E-state index in [1.54, 1.807) is 0 Å². The zero-order valence-electron chi connectivity index (χ0n) is 28.2. The van der Waals surface area contributed by atoms with Crippen LogP contribution in [0.15, 0.2) is 60.7 Å². The Hall–Kier alpha value is -4.76. The standard InChI is InChI=1S/C39H43N7O2/c1-21(2)34(40-20-47)39(48)46-19-23(4)15-33(46)38-42-31-13-9-27-17-25(7-11-29(27)36(31)44-38)24-6-10-28-26(16-24)8-12-30-35(28)43-37(41-30)32-14-22(3)18-45(32)5/h6-13,16-17,20-23,32-34H,14-15,18-19H2,1-5H3,(H,40,47)(H,41,43)(H,42,44)/t22-,23-,32-,33-,34?/m0/s1. The minimum atomic E-state index is -0.556. The number of hydrogen-bond acceptors (Lipinski definition) is 5. The average molecular weight is 642 g/mol. The molecule has 9 heteroatoms. The Kier molecular flexibility index (Phi) is 7.47. The molecule has 3 N–H and O–H groups in total. The SMILES string of the molecule is CC(C)C(NC=O)C(=O)N1C[C@@H](C)C[C@H]1c1nc2ccc3cc(-c4ccc5c(ccc6nc([C@@H]7C[C@H](C)CN7C)[nH]c65)c4)ccc3c2[nH]1. The molecule has 0 saturated carbocycles. The molecule has 5 atom stereocenters. The van der Waals surface area contributed by atoms with Gasteiger partial charge in [-0.15, -0.1) is 0 Å². The number of fused-ring (bicyclic) bond motifs is 6. The lowest BCUT2D eigenvalue weighted by Crippen LogP contribution is -2.49. The summed E-state index contributed by atoms with van der Waals surface area (Å²) in [7, 11) is 2.19. The average Bonchev–Trinajstić information content (AvgIpc) is 3.86. The number of nitrogens with one attached hydrogen (secondary N) is 3. The second kappa shape index (κ2) is 11.7. The molecular formula is C39H43N7O2. The number of nitrogens with zero attached hydrogens (tertiary/aromatic N) is 4. The molecule has 0 bridgehead atoms. The fourth-order valence-electron chi connectivity index (χ4n) is 8.26. The third-order valence-corrected chi connectivity index (χ3v) is 10.7. The third-order valence-electron chi connectivity index (χ3n) is 10.7. The van der Waals surface area contributed by atoms with Crippen LogP contribution in [0.1, 0.15) is 64.3 Å². The van der Waals surface area contributed by atoms with Crippen LogP contribution in [0.25, 0.3) is 54.7 Å². The Bertz CT molecular complexity index is 2200. The predicted molar refractivity (Wildman–Crippen MR) is 191 cm³/mol. The van der Waals surface area contributed by atoms with E-state index in [4.69, 9.17) is 9.97 Å². The van der Waals surface area contributed by atoms with Crippen molar-refractivity contribution < 1.29 is 9.59 Å². The smallest absolute Gasteiger partial charge is 0.246 e. The van der Waals surface area contributed by atoms with Crippen LogP contribution < -0.4 is 5.32 Å². The number of carbonyl (C=O) groups is 2. The number of imidazole rings is 2. The molecule has 0 spiro atoms. The maximum Gasteiger partial charge on any atom is 0.246 e. The molecule has 2 amide bonds. The number of H-pyrrole nitrogens is 2. The van der Waals surface area contributed by atoms with Crippen molar-refractivity contribution in [2.45, 2.75) is 58.7 Å². The van der Waals surface area contributed by atoms with Gasteiger partial charge in [0, 0.05) is 23.9 Å². The van der Waals surface area contributed by atoms with Crippen molar-refractivity contribution in [3.05, 3.63) is 72.3 Å². The van der Waals surface area contributed by atoms with Crippen LogP contribution in [0.4, 0.5) is 0 Å². The summed E-state index contributed by atoms with van der Waals surface area (Å²) in [5.41, 5.74) is 6.30. The van der Waals surface area contributed by atoms with E-state index in [9.17, 15) is 9.59 Å². The second-order valence-electron chi connectivity index (χ2n) is 14.7. The number of rotatable bonds is 7. The first kappa shape index (κ1) is 30.6. The van der Waals surface area contributed by atoms with Crippen LogP contribution in [0.2, 0.25) is 0 Å². The summed E-state index contributed by atoms with van der Waals surface area (Å²) in [4.78, 5) is 46.4. The number of amides is 2. The van der Waals surface area contributed by atoms with Crippen LogP contribution in [-0.2, 0) is 9.59 Å². The summed E-state index contributed by atoms with van der Waals surface area (Å²) in [6.07, 6.45) is 2.58. The van der Waals surface area contributed by atoms with Crippen LogP contribution in [0.3, 0.4) is 0 Å². The molecule has 2 aromatic heterocycles. The van der Waals surface area contributed by atoms with E-state index in [2.05, 4.69) is 102 Å². The van der Waals surface area contributed by atoms with Crippen molar-refractivity contribution in [1.82, 2.24) is 35.1 Å². The number of benzene rings is 4. The summed E-state index contributed by atoms with van der Waals surface area (Å²) in [6.45, 7) is 10.1. The van der Waals surface area contributed by atoms with E-state index in [0.29, 0.717) is 30.8 Å². The molecule has 2 saturated heterocycles. The lowest BCUT2D eigenvalue weighted by Gasteiger charge is -2.29. The molecule has 6 aromatic rings. The zero-order valence-corrected chi connectivity index (χ0v) is 28.2. The lowest BCUT2D eigenvalue weighted by molar-refractivity contribution is -0.137. The third kappa shape index (κ3) is 5.12. The van der Waals surface area contributed by atoms with Crippen LogP contribution >= 0.6 is 0 Å². The summed E-state index contributed by atoms with van der Waals surface area (Å²) >= 11 is 0. The van der Waals surface area contributed by atoms with Crippen LogP contribution in [0.5, 0.6) is 0 Å². The number of aromatic nitrogens is 4. The highest BCUT2D eigenvalue weighted by Gasteiger charge is 2.39. The van der Waals surface area contributed by atoms with Crippen molar-refractivity contribution in [3.63, 3.8) is 0 Å². The molecule has 246 valence electrons. The summed E-state index contributed by atoms with van der Waals surface area (Å²) in [6, 6.07) is 21.4. The van der Waals surface area contributed by atoms with Gasteiger partial charge in [-0.05, 0) is 83.8 Å². The minimum absolute atomic E-state index is 0.0112. The molecule has 1 unspecified atom stereocenters. The van der Waals surface area contributed by atoms with Gasteiger partial charge in [0.25, 0.3) is 0 Å². The maximum absolute atomic E-state index is 13.6. The van der Waals surface area contributed by atoms with Gasteiger partial charge in [0.1, 0.15) is 17.7 Å². The fraction of sp³-hybridized carbons (Fsp3) is 0.385. The molecule has 48 heavy (non-hydrogen) atoms. The lowest BCUT2D eigenvalue weighted by atomic mass is 9.98. The Labute approximate surface area is 280 Å². The van der Waals surface area contributed by atoms with Gasteiger partial charge in [0.15, 0.2) is 0 Å². The van der Waals surface area contributed by atoms with E-state index in [1.807, 2.05) is 18.7 Å². The minimum Gasteiger partial charge on any atom is -0.347 e. The van der Waals surface area contributed by atoms with Gasteiger partial charge in [-0.3, -0.25) is 14.5 Å². The number of carbonyl (C=O) groups excluding carboxylic acids is 2. The largest absolute Gasteiger partial charge is 0.347 e. The topological polar surface area (TPSA) is 110 Å². The van der Waals surface area contributed by atoms with Crippen molar-refractivity contribution in [2.75, 3.05) is 20.1 Å². The first-order valence-electron chi connectivity index (χ1n) is 17.2. The Morgan fingerprint density at radius 1 is 0.812 bits per heavy atom. The Balaban J connectivity index is 1.11. The highest BCUT2D eigenvalue weighted by molar-refractivity contribution is 6.07. The predicted octanol–water partition coefficient (Wildman–Crippen LogP) is 7.11. The van der Waals surface area contributed by atoms with Crippen LogP contribution in [0, 0.1) is 17.8 Å². The number of aromatic amines is 2. The molecule has 2 aliphatic heterocycles. The number of hydrogen-bond donors (Lipinski definition) is 3. The van der Waals surface area contributed by atoms with Crippen molar-refractivity contribution in [3.8, 4) is 11.1 Å². The second-order valence-corrected chi connectivity index (χ2v) is 14.7. The molecular weight excluding hydrogens is 598 g/mol. The van der Waals surface area contributed by atoms with Crippen molar-refractivity contribution >= 4 is 55.9 Å². The van der Waals surface area contributed by atoms with E-state index >= 15 is 0 Å². The monoisotopic (exact) mass is 641 g/mol. The first-order valence-corrected chi connectivity index (χ1v) is 17.2. The summed E-state index contributed by atoms with van der Waals surface area (Å²) < 4.78 is 0. The van der Waals surface area contributed by atoms with Gasteiger partial charge in [-0.2, -0.15) is 0 Å². The van der Waals surface area contributed by atoms with Gasteiger partial charge in [0.2, 0.25) is 12.3 Å². The van der Waals surface area contributed by atoms with Gasteiger partial charge in [-0.25, -0.2) is 9.97 Å². The Morgan fingerprint density at radius 3 is 1.88 bits per heavy atom. The van der Waals surface area contributed by atoms with Gasteiger partial charge >= 0.3 is 0 Å². The molecule has 0 aliphatic carbocycles. The maximum atomic E-state index is 13.6. The van der Waals surface area contributed by atoms with Gasteiger partial charge in [0.05, 0.1) is 34.2 Å². The molecule has 4 heterocycles. The quantitative estimate of drug-likeness (QED) is 0.161. The zero-order chi connectivity index (χ0) is 33.3. The van der Waals surface area contributed by atoms with Gasteiger partial charge < -0.3 is 20.2 Å². The van der Waals surface area contributed by atoms with Crippen molar-refractivity contribution in [1.29, 1.82) is 0 Å². The molecule has 4 aromatic carbocycles. The summed E-state index contributed by atoms with van der Waals surface area (Å²) in [5.74, 6) is 2.80. The van der Waals surface area contributed by atoms with E-state index in [-0.39, 0.29) is 17.9 Å². The molecule has 9 nitrogen and oxygen atoms in total. The van der Waals surface area contributed by atoms with Crippen LogP contribution in [-0.4, -0.2) is 68.2 Å². The highest BCUT2D eigenvalue weighted by atomic mass is 16.2. The van der Waals surface area contributed by atoms with E-state index in [1.165, 1.54) is 10.8 Å². The van der Waals surface area contributed by atoms with E-state index < -0.39 is 6.04 Å². The van der Waals surface area contributed by atoms with Gasteiger partial charge in [-0.1, -0.05) is 64.1 Å². The first-order chi connectivity index (χ1) is 23.2. The summed E-state index contributed by atoms with van der Waals surface area (Å²) in [5, 5.41) is 7.33. The fourth-order valence-corrected chi connectivity index (χ4v) is 8.26. The molecule has 2 fully saturated rings. The molecule has 8 rings (SSSR count).